The van der Waals surface area contributed by atoms with E-state index in [9.17, 15) is 14.4 Å². The highest BCUT2D eigenvalue weighted by Crippen LogP contribution is 2.52. The average Bonchev–Trinajstić information content (AvgIpc) is 3.25. The Morgan fingerprint density at radius 3 is 2.40 bits per heavy atom. The maximum Gasteiger partial charge on any atom is 0.410 e. The van der Waals surface area contributed by atoms with E-state index in [-0.39, 0.29) is 35.7 Å². The SMILES string of the molecule is C=CCC1(Cc2ccncc2)NC(=CC(=O)c2ccc(C#N)cc2)N(C2C3CN(C(=O)OC(C)(C)C)CC32)C1=O. The Kier molecular flexibility index (Phi) is 6.96. The highest BCUT2D eigenvalue weighted by molar-refractivity contribution is 6.06. The highest BCUT2D eigenvalue weighted by Gasteiger charge is 2.65. The third-order valence-electron chi connectivity index (χ3n) is 7.67. The van der Waals surface area contributed by atoms with Gasteiger partial charge in [0.25, 0.3) is 5.91 Å². The molecule has 5 rings (SSSR count). The maximum atomic E-state index is 14.3. The van der Waals surface area contributed by atoms with Gasteiger partial charge in [0.15, 0.2) is 5.78 Å². The fraction of sp³-hybridized carbons (Fsp3) is 0.387. The van der Waals surface area contributed by atoms with Crippen LogP contribution >= 0.6 is 0 Å². The van der Waals surface area contributed by atoms with Crippen LogP contribution in [0, 0.1) is 23.2 Å². The highest BCUT2D eigenvalue weighted by atomic mass is 16.6. The Morgan fingerprint density at radius 1 is 1.18 bits per heavy atom. The quantitative estimate of drug-likeness (QED) is 0.323. The molecule has 3 aliphatic rings. The molecule has 0 spiro atoms. The van der Waals surface area contributed by atoms with E-state index in [0.29, 0.717) is 42.9 Å². The van der Waals surface area contributed by atoms with Crippen molar-refractivity contribution in [3.63, 3.8) is 0 Å². The lowest BCUT2D eigenvalue weighted by atomic mass is 9.87. The van der Waals surface area contributed by atoms with Gasteiger partial charge in [0.2, 0.25) is 0 Å². The minimum atomic E-state index is -1.01. The van der Waals surface area contributed by atoms with Gasteiger partial charge in [-0.2, -0.15) is 5.26 Å². The van der Waals surface area contributed by atoms with Crippen LogP contribution in [-0.4, -0.2) is 62.8 Å². The van der Waals surface area contributed by atoms with Crippen LogP contribution in [-0.2, 0) is 16.0 Å². The molecule has 1 aromatic heterocycles. The van der Waals surface area contributed by atoms with Crippen LogP contribution in [0.1, 0.15) is 48.7 Å². The fourth-order valence-electron chi connectivity index (χ4n) is 5.80. The molecule has 1 aliphatic carbocycles. The molecule has 1 N–H and O–H groups in total. The number of amides is 2. The molecule has 3 atom stereocenters. The summed E-state index contributed by atoms with van der Waals surface area (Å²) >= 11 is 0. The lowest BCUT2D eigenvalue weighted by Crippen LogP contribution is -2.49. The number of carbonyl (C=O) groups is 3. The van der Waals surface area contributed by atoms with E-state index in [2.05, 4.69) is 22.9 Å². The van der Waals surface area contributed by atoms with Crippen molar-refractivity contribution in [2.24, 2.45) is 11.8 Å². The number of fused-ring (bicyclic) bond motifs is 1. The van der Waals surface area contributed by atoms with Gasteiger partial charge >= 0.3 is 6.09 Å². The second-order valence-electron chi connectivity index (χ2n) is 11.7. The van der Waals surface area contributed by atoms with Crippen molar-refractivity contribution in [1.29, 1.82) is 5.26 Å². The number of hydrogen-bond acceptors (Lipinski definition) is 7. The molecule has 40 heavy (non-hydrogen) atoms. The van der Waals surface area contributed by atoms with Crippen LogP contribution < -0.4 is 5.32 Å². The fourth-order valence-corrected chi connectivity index (χ4v) is 5.80. The van der Waals surface area contributed by atoms with Crippen molar-refractivity contribution in [2.45, 2.75) is 50.8 Å². The number of ketones is 1. The van der Waals surface area contributed by atoms with E-state index >= 15 is 0 Å². The number of allylic oxidation sites excluding steroid dienone is 1. The number of ether oxygens (including phenoxy) is 1. The van der Waals surface area contributed by atoms with E-state index in [1.165, 1.54) is 6.08 Å². The minimum Gasteiger partial charge on any atom is -0.444 e. The number of nitrogens with one attached hydrogen (secondary N) is 1. The van der Waals surface area contributed by atoms with Crippen LogP contribution in [0.4, 0.5) is 4.79 Å². The Balaban J connectivity index is 1.44. The Hall–Kier alpha value is -4.45. The second kappa shape index (κ2) is 10.3. The van der Waals surface area contributed by atoms with Gasteiger partial charge in [-0.15, -0.1) is 6.58 Å². The zero-order valence-corrected chi connectivity index (χ0v) is 23.0. The molecule has 2 amide bonds. The van der Waals surface area contributed by atoms with Crippen LogP contribution in [0.2, 0.25) is 0 Å². The van der Waals surface area contributed by atoms with Crippen molar-refractivity contribution in [3.8, 4) is 6.07 Å². The number of rotatable bonds is 7. The molecule has 9 heteroatoms. The van der Waals surface area contributed by atoms with Crippen molar-refractivity contribution in [3.05, 3.63) is 90.0 Å². The van der Waals surface area contributed by atoms with Crippen molar-refractivity contribution >= 4 is 17.8 Å². The maximum absolute atomic E-state index is 14.3. The Morgan fingerprint density at radius 2 is 1.82 bits per heavy atom. The van der Waals surface area contributed by atoms with Gasteiger partial charge in [0.05, 0.1) is 11.6 Å². The molecule has 3 heterocycles. The number of aromatic nitrogens is 1. The van der Waals surface area contributed by atoms with Crippen molar-refractivity contribution in [2.75, 3.05) is 13.1 Å². The summed E-state index contributed by atoms with van der Waals surface area (Å²) in [5.74, 6) is 0.230. The molecular weight excluding hydrogens is 506 g/mol. The average molecular weight is 540 g/mol. The van der Waals surface area contributed by atoms with Crippen LogP contribution in [0.3, 0.4) is 0 Å². The molecule has 9 nitrogen and oxygen atoms in total. The summed E-state index contributed by atoms with van der Waals surface area (Å²) in [5, 5.41) is 12.5. The standard InChI is InChI=1S/C31H33N5O4/c1-5-12-31(16-20-10-13-33-14-11-20)28(38)36(26(34-31)15-25(37)22-8-6-21(17-32)7-9-22)27-23-18-35(19-24(23)27)29(39)40-30(2,3)4/h5-11,13-15,23-24,27,34H,1,12,16,18-19H2,2-4H3. The lowest BCUT2D eigenvalue weighted by Gasteiger charge is -2.28. The first-order valence-corrected chi connectivity index (χ1v) is 13.4. The van der Waals surface area contributed by atoms with Gasteiger partial charge in [-0.05, 0) is 69.2 Å². The summed E-state index contributed by atoms with van der Waals surface area (Å²) < 4.78 is 5.54. The first-order valence-electron chi connectivity index (χ1n) is 13.4. The normalized spacial score (nSPS) is 26.2. The summed E-state index contributed by atoms with van der Waals surface area (Å²) in [6.45, 7) is 10.4. The minimum absolute atomic E-state index is 0.0899. The van der Waals surface area contributed by atoms with Crippen molar-refractivity contribution in [1.82, 2.24) is 20.1 Å². The molecule has 1 aromatic carbocycles. The first kappa shape index (κ1) is 27.1. The summed E-state index contributed by atoms with van der Waals surface area (Å²) in [6, 6.07) is 12.1. The number of hydrogen-bond donors (Lipinski definition) is 1. The molecule has 206 valence electrons. The summed E-state index contributed by atoms with van der Waals surface area (Å²) in [4.78, 5) is 47.7. The zero-order chi connectivity index (χ0) is 28.7. The second-order valence-corrected chi connectivity index (χ2v) is 11.7. The van der Waals surface area contributed by atoms with Gasteiger partial charge < -0.3 is 15.0 Å². The van der Waals surface area contributed by atoms with E-state index < -0.39 is 11.1 Å². The van der Waals surface area contributed by atoms with Gasteiger partial charge in [0, 0.05) is 61.4 Å². The largest absolute Gasteiger partial charge is 0.444 e. The third-order valence-corrected chi connectivity index (χ3v) is 7.67. The first-order chi connectivity index (χ1) is 19.0. The number of nitriles is 1. The molecule has 2 aliphatic heterocycles. The van der Waals surface area contributed by atoms with Gasteiger partial charge in [-0.1, -0.05) is 6.08 Å². The summed E-state index contributed by atoms with van der Waals surface area (Å²) in [6.07, 6.45) is 6.97. The molecule has 3 fully saturated rings. The molecule has 2 saturated heterocycles. The molecule has 0 radical (unpaired) electrons. The summed E-state index contributed by atoms with van der Waals surface area (Å²) in [7, 11) is 0. The molecule has 1 saturated carbocycles. The number of nitrogens with zero attached hydrogens (tertiary/aromatic N) is 4. The molecule has 0 bridgehead atoms. The van der Waals surface area contributed by atoms with Gasteiger partial charge in [0.1, 0.15) is 17.0 Å². The number of carbonyl (C=O) groups excluding carboxylic acids is 3. The molecule has 3 unspecified atom stereocenters. The molecular formula is C31H33N5O4. The van der Waals surface area contributed by atoms with E-state index in [4.69, 9.17) is 10.00 Å². The van der Waals surface area contributed by atoms with Crippen LogP contribution in [0.25, 0.3) is 0 Å². The predicted molar refractivity (Wildman–Crippen MR) is 148 cm³/mol. The monoisotopic (exact) mass is 539 g/mol. The van der Waals surface area contributed by atoms with Crippen LogP contribution in [0.15, 0.2) is 73.3 Å². The number of piperidine rings is 1. The van der Waals surface area contributed by atoms with Crippen molar-refractivity contribution < 1.29 is 19.1 Å². The predicted octanol–water partition coefficient (Wildman–Crippen LogP) is 3.83. The Bertz CT molecular complexity index is 1390. The third kappa shape index (κ3) is 5.22. The van der Waals surface area contributed by atoms with Gasteiger partial charge in [-0.25, -0.2) is 4.79 Å². The number of likely N-dealkylation sites (tertiary alicyclic amines) is 1. The lowest BCUT2D eigenvalue weighted by molar-refractivity contribution is -0.132. The smallest absolute Gasteiger partial charge is 0.410 e. The number of pyridine rings is 1. The summed E-state index contributed by atoms with van der Waals surface area (Å²) in [5.41, 5.74) is 0.217. The van der Waals surface area contributed by atoms with E-state index in [1.54, 1.807) is 52.5 Å². The van der Waals surface area contributed by atoms with E-state index in [1.807, 2.05) is 32.9 Å². The van der Waals surface area contributed by atoms with Gasteiger partial charge in [-0.3, -0.25) is 19.5 Å². The zero-order valence-electron chi connectivity index (χ0n) is 23.0. The molecule has 2 aromatic rings. The Labute approximate surface area is 234 Å². The number of benzene rings is 1. The topological polar surface area (TPSA) is 116 Å². The van der Waals surface area contributed by atoms with Crippen LogP contribution in [0.5, 0.6) is 0 Å². The van der Waals surface area contributed by atoms with E-state index in [0.717, 1.165) is 5.56 Å².